The second-order valence-corrected chi connectivity index (χ2v) is 7.64. The van der Waals surface area contributed by atoms with Gasteiger partial charge in [0.15, 0.2) is 0 Å². The van der Waals surface area contributed by atoms with Crippen LogP contribution >= 0.6 is 23.2 Å². The van der Waals surface area contributed by atoms with E-state index in [4.69, 9.17) is 27.9 Å². The molecule has 1 fully saturated rings. The molecule has 3 rings (SSSR count). The van der Waals surface area contributed by atoms with Crippen LogP contribution in [0.25, 0.3) is 0 Å². The summed E-state index contributed by atoms with van der Waals surface area (Å²) in [6.07, 6.45) is 0. The fourth-order valence-electron chi connectivity index (χ4n) is 3.10. The molecule has 7 nitrogen and oxygen atoms in total. The third-order valence-electron chi connectivity index (χ3n) is 4.70. The number of methoxy groups -OCH3 is 1. The van der Waals surface area contributed by atoms with E-state index in [-0.39, 0.29) is 5.02 Å². The van der Waals surface area contributed by atoms with Crippen molar-refractivity contribution in [2.75, 3.05) is 19.0 Å². The number of carbonyl (C=O) groups is 3. The lowest BCUT2D eigenvalue weighted by atomic mass is 9.92. The van der Waals surface area contributed by atoms with Crippen molar-refractivity contribution in [1.29, 1.82) is 0 Å². The van der Waals surface area contributed by atoms with Gasteiger partial charge in [-0.3, -0.25) is 14.5 Å². The second kappa shape index (κ2) is 7.93. The molecule has 2 aromatic carbocycles. The smallest absolute Gasteiger partial charge is 0.325 e. The van der Waals surface area contributed by atoms with E-state index in [1.54, 1.807) is 31.2 Å². The maximum atomic E-state index is 13.0. The number of benzene rings is 2. The molecule has 0 radical (unpaired) electrons. The molecule has 2 N–H and O–H groups in total. The number of amides is 4. The zero-order chi connectivity index (χ0) is 21.3. The minimum absolute atomic E-state index is 0.259. The highest BCUT2D eigenvalue weighted by atomic mass is 35.5. The summed E-state index contributed by atoms with van der Waals surface area (Å²) in [7, 11) is 1.49. The molecule has 1 aliphatic rings. The number of anilines is 1. The number of imide groups is 1. The van der Waals surface area contributed by atoms with Crippen LogP contribution in [-0.2, 0) is 15.1 Å². The molecule has 0 spiro atoms. The topological polar surface area (TPSA) is 87.7 Å². The lowest BCUT2D eigenvalue weighted by molar-refractivity contribution is -0.133. The average molecular weight is 436 g/mol. The Morgan fingerprint density at radius 1 is 1.17 bits per heavy atom. The molecule has 1 heterocycles. The quantitative estimate of drug-likeness (QED) is 0.700. The highest BCUT2D eigenvalue weighted by molar-refractivity contribution is 6.42. The summed E-state index contributed by atoms with van der Waals surface area (Å²) >= 11 is 12.0. The minimum atomic E-state index is -1.35. The first-order valence-electron chi connectivity index (χ1n) is 8.70. The predicted octanol–water partition coefficient (Wildman–Crippen LogP) is 3.72. The Kier molecular flexibility index (Phi) is 5.73. The molecular formula is C20H19Cl2N3O4. The molecule has 0 aliphatic carbocycles. The van der Waals surface area contributed by atoms with Gasteiger partial charge in [-0.2, -0.15) is 0 Å². The van der Waals surface area contributed by atoms with Gasteiger partial charge in [0.05, 0.1) is 22.8 Å². The summed E-state index contributed by atoms with van der Waals surface area (Å²) in [5, 5.41) is 5.89. The molecule has 9 heteroatoms. The first-order valence-corrected chi connectivity index (χ1v) is 9.45. The van der Waals surface area contributed by atoms with Crippen molar-refractivity contribution >= 4 is 46.7 Å². The SMILES string of the molecule is COc1ccc(C)cc1NC(=O)CN1C(=O)NC(C)(c2ccc(Cl)c(Cl)c2)C1=O. The zero-order valence-electron chi connectivity index (χ0n) is 16.0. The number of urea groups is 1. The summed E-state index contributed by atoms with van der Waals surface area (Å²) in [4.78, 5) is 38.7. The number of hydrogen-bond acceptors (Lipinski definition) is 4. The van der Waals surface area contributed by atoms with E-state index < -0.39 is 29.9 Å². The van der Waals surface area contributed by atoms with Gasteiger partial charge in [-0.1, -0.05) is 35.3 Å². The van der Waals surface area contributed by atoms with Crippen molar-refractivity contribution in [2.45, 2.75) is 19.4 Å². The van der Waals surface area contributed by atoms with E-state index in [1.165, 1.54) is 13.2 Å². The van der Waals surface area contributed by atoms with Gasteiger partial charge in [-0.05, 0) is 49.2 Å². The first kappa shape index (κ1) is 21.0. The van der Waals surface area contributed by atoms with Crippen LogP contribution in [0.3, 0.4) is 0 Å². The Labute approximate surface area is 177 Å². The molecule has 0 aromatic heterocycles. The molecule has 1 saturated heterocycles. The summed E-state index contributed by atoms with van der Waals surface area (Å²) in [6.45, 7) is 2.97. The number of rotatable bonds is 5. The molecule has 4 amide bonds. The summed E-state index contributed by atoms with van der Waals surface area (Å²) in [6, 6.07) is 9.30. The number of ether oxygens (including phenoxy) is 1. The van der Waals surface area contributed by atoms with Crippen molar-refractivity contribution in [3.8, 4) is 5.75 Å². The van der Waals surface area contributed by atoms with Crippen LogP contribution in [-0.4, -0.2) is 36.4 Å². The van der Waals surface area contributed by atoms with Gasteiger partial charge < -0.3 is 15.4 Å². The summed E-state index contributed by atoms with van der Waals surface area (Å²) < 4.78 is 5.23. The van der Waals surface area contributed by atoms with E-state index in [1.807, 2.05) is 13.0 Å². The molecule has 29 heavy (non-hydrogen) atoms. The molecule has 2 aromatic rings. The normalized spacial score (nSPS) is 18.6. The summed E-state index contributed by atoms with van der Waals surface area (Å²) in [5.74, 6) is -0.621. The maximum absolute atomic E-state index is 13.0. The van der Waals surface area contributed by atoms with Gasteiger partial charge in [0, 0.05) is 0 Å². The number of nitrogens with zero attached hydrogens (tertiary/aromatic N) is 1. The number of hydrogen-bond donors (Lipinski definition) is 2. The lowest BCUT2D eigenvalue weighted by Crippen LogP contribution is -2.42. The lowest BCUT2D eigenvalue weighted by Gasteiger charge is -2.22. The Bertz CT molecular complexity index is 1010. The van der Waals surface area contributed by atoms with Crippen LogP contribution in [0.5, 0.6) is 5.75 Å². The van der Waals surface area contributed by atoms with Crippen LogP contribution in [0.2, 0.25) is 10.0 Å². The molecule has 0 saturated carbocycles. The van der Waals surface area contributed by atoms with Gasteiger partial charge >= 0.3 is 6.03 Å². The number of nitrogens with one attached hydrogen (secondary N) is 2. The number of carbonyl (C=O) groups excluding carboxylic acids is 3. The average Bonchev–Trinajstić information content (AvgIpc) is 2.88. The monoisotopic (exact) mass is 435 g/mol. The van der Waals surface area contributed by atoms with Gasteiger partial charge in [0.1, 0.15) is 17.8 Å². The van der Waals surface area contributed by atoms with Crippen LogP contribution in [0.4, 0.5) is 10.5 Å². The standard InChI is InChI=1S/C20H19Cl2N3O4/c1-11-4-7-16(29-3)15(8-11)23-17(26)10-25-18(27)20(2,24-19(25)28)12-5-6-13(21)14(22)9-12/h4-9H,10H2,1-3H3,(H,23,26)(H,24,28). The van der Waals surface area contributed by atoms with E-state index in [2.05, 4.69) is 10.6 Å². The van der Waals surface area contributed by atoms with Crippen molar-refractivity contribution < 1.29 is 19.1 Å². The van der Waals surface area contributed by atoms with Crippen molar-refractivity contribution in [2.24, 2.45) is 0 Å². The third kappa shape index (κ3) is 4.02. The molecule has 1 aliphatic heterocycles. The Balaban J connectivity index is 1.79. The van der Waals surface area contributed by atoms with Crippen LogP contribution in [0.15, 0.2) is 36.4 Å². The van der Waals surface area contributed by atoms with E-state index in [0.29, 0.717) is 22.0 Å². The van der Waals surface area contributed by atoms with Gasteiger partial charge in [0.25, 0.3) is 5.91 Å². The molecule has 1 atom stereocenters. The van der Waals surface area contributed by atoms with Crippen molar-refractivity contribution in [1.82, 2.24) is 10.2 Å². The Morgan fingerprint density at radius 3 is 2.55 bits per heavy atom. The fourth-order valence-corrected chi connectivity index (χ4v) is 3.39. The predicted molar refractivity (Wildman–Crippen MR) is 110 cm³/mol. The number of halogens is 2. The minimum Gasteiger partial charge on any atom is -0.495 e. The highest BCUT2D eigenvalue weighted by Gasteiger charge is 2.49. The van der Waals surface area contributed by atoms with Gasteiger partial charge in [-0.25, -0.2) is 4.79 Å². The van der Waals surface area contributed by atoms with Crippen LogP contribution in [0, 0.1) is 6.92 Å². The number of aryl methyl sites for hydroxylation is 1. The van der Waals surface area contributed by atoms with Crippen molar-refractivity contribution in [3.63, 3.8) is 0 Å². The van der Waals surface area contributed by atoms with Crippen molar-refractivity contribution in [3.05, 3.63) is 57.6 Å². The summed E-state index contributed by atoms with van der Waals surface area (Å²) in [5.41, 5.74) is 0.487. The second-order valence-electron chi connectivity index (χ2n) is 6.83. The van der Waals surface area contributed by atoms with Crippen LogP contribution in [0.1, 0.15) is 18.1 Å². The Morgan fingerprint density at radius 2 is 1.90 bits per heavy atom. The molecule has 152 valence electrons. The van der Waals surface area contributed by atoms with E-state index in [0.717, 1.165) is 10.5 Å². The molecular weight excluding hydrogens is 417 g/mol. The van der Waals surface area contributed by atoms with Crippen LogP contribution < -0.4 is 15.4 Å². The van der Waals surface area contributed by atoms with Gasteiger partial charge in [0.2, 0.25) is 5.91 Å². The largest absolute Gasteiger partial charge is 0.495 e. The Hall–Kier alpha value is -2.77. The maximum Gasteiger partial charge on any atom is 0.325 e. The molecule has 1 unspecified atom stereocenters. The molecule has 0 bridgehead atoms. The van der Waals surface area contributed by atoms with E-state index >= 15 is 0 Å². The third-order valence-corrected chi connectivity index (χ3v) is 5.44. The highest BCUT2D eigenvalue weighted by Crippen LogP contribution is 2.33. The first-order chi connectivity index (χ1) is 13.7. The van der Waals surface area contributed by atoms with E-state index in [9.17, 15) is 14.4 Å². The fraction of sp³-hybridized carbons (Fsp3) is 0.250. The van der Waals surface area contributed by atoms with Gasteiger partial charge in [-0.15, -0.1) is 0 Å². The zero-order valence-corrected chi connectivity index (χ0v) is 17.5.